The fraction of sp³-hybridized carbons (Fsp3) is 0. The molecule has 1 aromatic heterocycles. The van der Waals surface area contributed by atoms with Gasteiger partial charge in [-0.15, -0.1) is 0 Å². The van der Waals surface area contributed by atoms with Crippen LogP contribution in [-0.2, 0) is 0 Å². The summed E-state index contributed by atoms with van der Waals surface area (Å²) in [6, 6.07) is 93.5. The first-order valence-electron chi connectivity index (χ1n) is 22.7. The molecular formula is C64H42N2. The Labute approximate surface area is 383 Å². The zero-order chi connectivity index (χ0) is 43.6. The molecule has 13 aromatic rings. The highest BCUT2D eigenvalue weighted by Gasteiger charge is 2.23. The minimum atomic E-state index is 1.08. The topological polar surface area (TPSA) is 8.17 Å². The molecule has 0 saturated carbocycles. The molecule has 0 amide bonds. The summed E-state index contributed by atoms with van der Waals surface area (Å²) in [4.78, 5) is 2.51. The molecule has 0 aliphatic heterocycles. The fourth-order valence-electron chi connectivity index (χ4n) is 10.4. The Morgan fingerprint density at radius 2 is 0.621 bits per heavy atom. The Balaban J connectivity index is 1.12. The Bertz CT molecular complexity index is 3610. The largest absolute Gasteiger partial charge is 0.310 e. The molecule has 0 spiro atoms. The van der Waals surface area contributed by atoms with E-state index in [0.717, 1.165) is 39.3 Å². The number of fused-ring (bicyclic) bond motifs is 3. The molecule has 0 saturated heterocycles. The first-order chi connectivity index (χ1) is 32.7. The van der Waals surface area contributed by atoms with Crippen LogP contribution in [0.25, 0.3) is 104 Å². The summed E-state index contributed by atoms with van der Waals surface area (Å²) >= 11 is 0. The van der Waals surface area contributed by atoms with Crippen LogP contribution in [0.2, 0.25) is 0 Å². The lowest BCUT2D eigenvalue weighted by molar-refractivity contribution is 1.20. The normalized spacial score (nSPS) is 11.6. The molecule has 2 nitrogen and oxygen atoms in total. The SMILES string of the molecule is c1ccc(-c2cc(-c3ccccc3)cc(N(c3cc(-c4ccccc4)cc(-c4ccccc4)c3)c3ccc4ccc5c(-n6c7ccccc7c7ccccc76)ccc6ccc3c4c65)c2)cc1. The average molecular weight is 839 g/mol. The predicted molar refractivity (Wildman–Crippen MR) is 281 cm³/mol. The van der Waals surface area contributed by atoms with Gasteiger partial charge in [0.15, 0.2) is 0 Å². The molecule has 0 aliphatic carbocycles. The molecule has 0 atom stereocenters. The van der Waals surface area contributed by atoms with E-state index in [2.05, 4.69) is 264 Å². The maximum Gasteiger partial charge on any atom is 0.0541 e. The van der Waals surface area contributed by atoms with Crippen LogP contribution in [-0.4, -0.2) is 4.57 Å². The van der Waals surface area contributed by atoms with Crippen molar-refractivity contribution in [3.63, 3.8) is 0 Å². The van der Waals surface area contributed by atoms with Crippen molar-refractivity contribution < 1.29 is 0 Å². The molecular weight excluding hydrogens is 797 g/mol. The number of rotatable bonds is 8. The average Bonchev–Trinajstić information content (AvgIpc) is 3.73. The lowest BCUT2D eigenvalue weighted by Gasteiger charge is -2.30. The zero-order valence-corrected chi connectivity index (χ0v) is 36.1. The van der Waals surface area contributed by atoms with E-state index >= 15 is 0 Å². The Hall–Kier alpha value is -8.72. The van der Waals surface area contributed by atoms with Crippen molar-refractivity contribution in [2.24, 2.45) is 0 Å². The maximum atomic E-state index is 2.51. The third-order valence-corrected chi connectivity index (χ3v) is 13.5. The Kier molecular flexibility index (Phi) is 8.89. The van der Waals surface area contributed by atoms with Crippen molar-refractivity contribution in [1.29, 1.82) is 0 Å². The van der Waals surface area contributed by atoms with Crippen molar-refractivity contribution in [1.82, 2.24) is 4.57 Å². The highest BCUT2D eigenvalue weighted by molar-refractivity contribution is 6.27. The van der Waals surface area contributed by atoms with Crippen LogP contribution in [0.15, 0.2) is 255 Å². The highest BCUT2D eigenvalue weighted by Crippen LogP contribution is 2.48. The third-order valence-electron chi connectivity index (χ3n) is 13.5. The van der Waals surface area contributed by atoms with Gasteiger partial charge < -0.3 is 9.47 Å². The Morgan fingerprint density at radius 3 is 1.08 bits per heavy atom. The molecule has 0 N–H and O–H groups in total. The van der Waals surface area contributed by atoms with Gasteiger partial charge in [-0.3, -0.25) is 0 Å². The summed E-state index contributed by atoms with van der Waals surface area (Å²) in [5, 5.41) is 9.94. The van der Waals surface area contributed by atoms with E-state index in [9.17, 15) is 0 Å². The second-order valence-electron chi connectivity index (χ2n) is 17.3. The standard InChI is InChI=1S/C64H42N2/c1-5-17-43(18-6-1)49-37-50(44-19-7-2-8-20-44)40-53(39-49)65(54-41-51(45-21-9-3-10-22-45)38-52(42-54)46-23-11-4-12-24-46)61-35-31-47-30-34-58-62(36-32-48-29-33-57(61)63(47)64(48)58)66-59-27-15-13-25-55(59)56-26-14-16-28-60(56)66/h1-42H. The lowest BCUT2D eigenvalue weighted by atomic mass is 9.91. The van der Waals surface area contributed by atoms with Crippen molar-refractivity contribution in [3.8, 4) is 50.2 Å². The summed E-state index contributed by atoms with van der Waals surface area (Å²) in [5.41, 5.74) is 16.2. The van der Waals surface area contributed by atoms with Gasteiger partial charge in [0, 0.05) is 32.9 Å². The van der Waals surface area contributed by atoms with Gasteiger partial charge in [0.05, 0.1) is 22.4 Å². The van der Waals surface area contributed by atoms with E-state index in [4.69, 9.17) is 0 Å². The molecule has 1 heterocycles. The minimum absolute atomic E-state index is 1.08. The second-order valence-corrected chi connectivity index (χ2v) is 17.3. The number of aromatic nitrogens is 1. The number of anilines is 3. The molecule has 0 radical (unpaired) electrons. The van der Waals surface area contributed by atoms with Crippen LogP contribution >= 0.6 is 0 Å². The second kappa shape index (κ2) is 15.5. The van der Waals surface area contributed by atoms with Crippen molar-refractivity contribution >= 4 is 71.2 Å². The number of benzene rings is 12. The van der Waals surface area contributed by atoms with Crippen LogP contribution in [0.4, 0.5) is 17.1 Å². The van der Waals surface area contributed by atoms with Gasteiger partial charge in [-0.05, 0) is 127 Å². The molecule has 12 aromatic carbocycles. The van der Waals surface area contributed by atoms with Crippen molar-refractivity contribution in [2.45, 2.75) is 0 Å². The molecule has 66 heavy (non-hydrogen) atoms. The number of para-hydroxylation sites is 2. The molecule has 13 rings (SSSR count). The van der Waals surface area contributed by atoms with Crippen molar-refractivity contribution in [2.75, 3.05) is 4.90 Å². The fourth-order valence-corrected chi connectivity index (χ4v) is 10.4. The first kappa shape index (κ1) is 37.8. The number of nitrogens with zero attached hydrogens (tertiary/aromatic N) is 2. The monoisotopic (exact) mass is 838 g/mol. The first-order valence-corrected chi connectivity index (χ1v) is 22.7. The predicted octanol–water partition coefficient (Wildman–Crippen LogP) is 17.8. The van der Waals surface area contributed by atoms with Crippen LogP contribution in [0, 0.1) is 0 Å². The summed E-state index contributed by atoms with van der Waals surface area (Å²) in [5.74, 6) is 0. The maximum absolute atomic E-state index is 2.51. The van der Waals surface area contributed by atoms with Gasteiger partial charge in [-0.1, -0.05) is 194 Å². The highest BCUT2D eigenvalue weighted by atomic mass is 15.1. The molecule has 0 bridgehead atoms. The summed E-state index contributed by atoms with van der Waals surface area (Å²) in [6.45, 7) is 0. The van der Waals surface area contributed by atoms with Crippen LogP contribution in [0.1, 0.15) is 0 Å². The van der Waals surface area contributed by atoms with Gasteiger partial charge in [-0.2, -0.15) is 0 Å². The van der Waals surface area contributed by atoms with E-state index in [1.54, 1.807) is 0 Å². The molecule has 2 heteroatoms. The zero-order valence-electron chi connectivity index (χ0n) is 36.1. The van der Waals surface area contributed by atoms with Gasteiger partial charge in [0.2, 0.25) is 0 Å². The van der Waals surface area contributed by atoms with E-state index in [1.165, 1.54) is 82.1 Å². The minimum Gasteiger partial charge on any atom is -0.310 e. The van der Waals surface area contributed by atoms with Crippen LogP contribution in [0.3, 0.4) is 0 Å². The van der Waals surface area contributed by atoms with E-state index < -0.39 is 0 Å². The Morgan fingerprint density at radius 1 is 0.258 bits per heavy atom. The lowest BCUT2D eigenvalue weighted by Crippen LogP contribution is -2.12. The molecule has 308 valence electrons. The van der Waals surface area contributed by atoms with Crippen molar-refractivity contribution in [3.05, 3.63) is 255 Å². The van der Waals surface area contributed by atoms with Gasteiger partial charge >= 0.3 is 0 Å². The van der Waals surface area contributed by atoms with Crippen LogP contribution < -0.4 is 4.90 Å². The third kappa shape index (κ3) is 6.26. The van der Waals surface area contributed by atoms with Crippen LogP contribution in [0.5, 0.6) is 0 Å². The molecule has 0 fully saturated rings. The summed E-state index contributed by atoms with van der Waals surface area (Å²) in [6.07, 6.45) is 0. The van der Waals surface area contributed by atoms with E-state index in [-0.39, 0.29) is 0 Å². The molecule has 0 aliphatic rings. The van der Waals surface area contributed by atoms with E-state index in [0.29, 0.717) is 0 Å². The summed E-state index contributed by atoms with van der Waals surface area (Å²) in [7, 11) is 0. The van der Waals surface area contributed by atoms with Gasteiger partial charge in [0.25, 0.3) is 0 Å². The number of hydrogen-bond acceptors (Lipinski definition) is 1. The van der Waals surface area contributed by atoms with E-state index in [1.807, 2.05) is 0 Å². The summed E-state index contributed by atoms with van der Waals surface area (Å²) < 4.78 is 2.46. The quantitative estimate of drug-likeness (QED) is 0.138. The smallest absolute Gasteiger partial charge is 0.0541 e. The van der Waals surface area contributed by atoms with Gasteiger partial charge in [0.1, 0.15) is 0 Å². The van der Waals surface area contributed by atoms with Gasteiger partial charge in [-0.25, -0.2) is 0 Å². The number of hydrogen-bond donors (Lipinski definition) is 0. The molecule has 0 unspecified atom stereocenters.